The highest BCUT2D eigenvalue weighted by molar-refractivity contribution is 9.11. The van der Waals surface area contributed by atoms with Crippen LogP contribution in [0.1, 0.15) is 28.5 Å². The van der Waals surface area contributed by atoms with Crippen LogP contribution in [-0.2, 0) is 12.8 Å². The molecule has 0 saturated carbocycles. The molecule has 3 rings (SSSR count). The maximum absolute atomic E-state index is 6.05. The van der Waals surface area contributed by atoms with Crippen molar-refractivity contribution < 1.29 is 4.74 Å². The normalized spacial score (nSPS) is 15.3. The van der Waals surface area contributed by atoms with Crippen LogP contribution in [0.4, 0.5) is 0 Å². The molecule has 1 atom stereocenters. The molecule has 2 nitrogen and oxygen atoms in total. The van der Waals surface area contributed by atoms with Gasteiger partial charge in [-0.1, -0.05) is 6.07 Å². The van der Waals surface area contributed by atoms with Gasteiger partial charge >= 0.3 is 0 Å². The molecule has 1 aromatic carbocycles. The Morgan fingerprint density at radius 3 is 2.79 bits per heavy atom. The molecule has 1 aliphatic rings. The minimum absolute atomic E-state index is 0.0595. The van der Waals surface area contributed by atoms with Crippen LogP contribution in [0, 0.1) is 0 Å². The lowest BCUT2D eigenvalue weighted by Crippen LogP contribution is -2.17. The number of ether oxygens (including phenoxy) is 1. The smallest absolute Gasteiger partial charge is 0.145 e. The zero-order valence-corrected chi connectivity index (χ0v) is 13.0. The van der Waals surface area contributed by atoms with Gasteiger partial charge in [-0.15, -0.1) is 11.3 Å². The first-order chi connectivity index (χ1) is 9.26. The van der Waals surface area contributed by atoms with Crippen molar-refractivity contribution in [2.24, 2.45) is 5.73 Å². The predicted octanol–water partition coefficient (Wildman–Crippen LogP) is 4.08. The van der Waals surface area contributed by atoms with Crippen molar-refractivity contribution in [2.45, 2.75) is 25.4 Å². The van der Waals surface area contributed by atoms with E-state index in [1.54, 1.807) is 11.3 Å². The van der Waals surface area contributed by atoms with Crippen LogP contribution in [0.25, 0.3) is 0 Å². The third-order valence-electron chi connectivity index (χ3n) is 3.47. The van der Waals surface area contributed by atoms with Gasteiger partial charge in [-0.25, -0.2) is 0 Å². The average Bonchev–Trinajstić information content (AvgIpc) is 3.04. The molecule has 1 aliphatic carbocycles. The molecule has 0 saturated heterocycles. The third-order valence-corrected chi connectivity index (χ3v) is 5.19. The summed E-state index contributed by atoms with van der Waals surface area (Å²) in [6.45, 7) is 0.490. The fourth-order valence-corrected chi connectivity index (χ4v) is 3.98. The summed E-state index contributed by atoms with van der Waals surface area (Å²) in [6, 6.07) is 10.5. The van der Waals surface area contributed by atoms with E-state index in [0.29, 0.717) is 6.54 Å². The lowest BCUT2D eigenvalue weighted by atomic mass is 10.1. The highest BCUT2D eigenvalue weighted by Gasteiger charge is 2.16. The second kappa shape index (κ2) is 5.65. The van der Waals surface area contributed by atoms with Gasteiger partial charge in [-0.2, -0.15) is 0 Å². The standard InChI is InChI=1S/C15H16BrNOS/c16-15-7-6-14(19-15)13(9-17)18-12-5-4-10-2-1-3-11(10)8-12/h4-8,13H,1-3,9,17H2. The Hall–Kier alpha value is -0.840. The summed E-state index contributed by atoms with van der Waals surface area (Å²) in [4.78, 5) is 1.16. The van der Waals surface area contributed by atoms with Gasteiger partial charge in [0.25, 0.3) is 0 Å². The number of aryl methyl sites for hydroxylation is 2. The van der Waals surface area contributed by atoms with Gasteiger partial charge in [-0.3, -0.25) is 0 Å². The van der Waals surface area contributed by atoms with Crippen LogP contribution in [0.2, 0.25) is 0 Å². The minimum Gasteiger partial charge on any atom is -0.484 e. The average molecular weight is 338 g/mol. The molecular weight excluding hydrogens is 322 g/mol. The second-order valence-electron chi connectivity index (χ2n) is 4.77. The van der Waals surface area contributed by atoms with Crippen LogP contribution in [-0.4, -0.2) is 6.54 Å². The van der Waals surface area contributed by atoms with Crippen LogP contribution in [0.5, 0.6) is 5.75 Å². The number of hydrogen-bond acceptors (Lipinski definition) is 3. The van der Waals surface area contributed by atoms with E-state index in [1.165, 1.54) is 30.4 Å². The lowest BCUT2D eigenvalue weighted by Gasteiger charge is -2.16. The number of nitrogens with two attached hydrogens (primary N) is 1. The topological polar surface area (TPSA) is 35.2 Å². The second-order valence-corrected chi connectivity index (χ2v) is 7.26. The first kappa shape index (κ1) is 13.2. The number of hydrogen-bond donors (Lipinski definition) is 1. The Balaban J connectivity index is 1.79. The highest BCUT2D eigenvalue weighted by atomic mass is 79.9. The maximum atomic E-state index is 6.05. The molecule has 2 N–H and O–H groups in total. The van der Waals surface area contributed by atoms with E-state index >= 15 is 0 Å². The summed E-state index contributed by atoms with van der Waals surface area (Å²) in [6.07, 6.45) is 3.57. The van der Waals surface area contributed by atoms with Gasteiger partial charge in [0.05, 0.1) is 3.79 Å². The van der Waals surface area contributed by atoms with E-state index in [0.717, 1.165) is 14.4 Å². The van der Waals surface area contributed by atoms with Gasteiger partial charge in [0.15, 0.2) is 0 Å². The SMILES string of the molecule is NCC(Oc1ccc2c(c1)CCC2)c1ccc(Br)s1. The van der Waals surface area contributed by atoms with Crippen molar-refractivity contribution in [1.29, 1.82) is 0 Å². The lowest BCUT2D eigenvalue weighted by molar-refractivity contribution is 0.218. The van der Waals surface area contributed by atoms with Crippen LogP contribution >= 0.6 is 27.3 Å². The van der Waals surface area contributed by atoms with Crippen LogP contribution in [0.3, 0.4) is 0 Å². The number of benzene rings is 1. The zero-order valence-electron chi connectivity index (χ0n) is 10.6. The molecule has 1 heterocycles. The third kappa shape index (κ3) is 2.86. The molecule has 4 heteroatoms. The minimum atomic E-state index is -0.0595. The van der Waals surface area contributed by atoms with Crippen molar-refractivity contribution in [3.05, 3.63) is 50.1 Å². The first-order valence-electron chi connectivity index (χ1n) is 6.50. The van der Waals surface area contributed by atoms with Gasteiger partial charge in [0, 0.05) is 11.4 Å². The van der Waals surface area contributed by atoms with Crippen molar-refractivity contribution in [3.8, 4) is 5.75 Å². The van der Waals surface area contributed by atoms with Gasteiger partial charge in [0.2, 0.25) is 0 Å². The Kier molecular flexibility index (Phi) is 3.91. The maximum Gasteiger partial charge on any atom is 0.145 e. The van der Waals surface area contributed by atoms with E-state index in [4.69, 9.17) is 10.5 Å². The molecule has 1 unspecified atom stereocenters. The zero-order chi connectivity index (χ0) is 13.2. The Bertz CT molecular complexity index is 581. The summed E-state index contributed by atoms with van der Waals surface area (Å²) < 4.78 is 7.16. The van der Waals surface area contributed by atoms with E-state index < -0.39 is 0 Å². The molecular formula is C15H16BrNOS. The predicted molar refractivity (Wildman–Crippen MR) is 82.9 cm³/mol. The molecule has 0 aliphatic heterocycles. The summed E-state index contributed by atoms with van der Waals surface area (Å²) in [7, 11) is 0. The van der Waals surface area contributed by atoms with Gasteiger partial charge in [-0.05, 0) is 70.6 Å². The Morgan fingerprint density at radius 1 is 1.21 bits per heavy atom. The monoisotopic (exact) mass is 337 g/mol. The van der Waals surface area contributed by atoms with Gasteiger partial charge in [0.1, 0.15) is 11.9 Å². The summed E-state index contributed by atoms with van der Waals surface area (Å²) in [5, 5.41) is 0. The van der Waals surface area contributed by atoms with E-state index in [-0.39, 0.29) is 6.10 Å². The number of thiophene rings is 1. The quantitative estimate of drug-likeness (QED) is 0.912. The van der Waals surface area contributed by atoms with Crippen LogP contribution in [0.15, 0.2) is 34.1 Å². The molecule has 0 radical (unpaired) electrons. The summed E-state index contributed by atoms with van der Waals surface area (Å²) in [5.74, 6) is 0.931. The number of fused-ring (bicyclic) bond motifs is 1. The molecule has 1 aromatic heterocycles. The van der Waals surface area contributed by atoms with E-state index in [1.807, 2.05) is 6.07 Å². The largest absolute Gasteiger partial charge is 0.484 e. The van der Waals surface area contributed by atoms with Crippen molar-refractivity contribution >= 4 is 27.3 Å². The molecule has 100 valence electrons. The summed E-state index contributed by atoms with van der Waals surface area (Å²) >= 11 is 5.15. The fourth-order valence-electron chi connectivity index (χ4n) is 2.51. The first-order valence-corrected chi connectivity index (χ1v) is 8.11. The van der Waals surface area contributed by atoms with Crippen molar-refractivity contribution in [3.63, 3.8) is 0 Å². The molecule has 0 bridgehead atoms. The molecule has 2 aromatic rings. The molecule has 0 fully saturated rings. The molecule has 0 spiro atoms. The Morgan fingerprint density at radius 2 is 2.05 bits per heavy atom. The summed E-state index contributed by atoms with van der Waals surface area (Å²) in [5.41, 5.74) is 8.74. The van der Waals surface area contributed by atoms with E-state index in [2.05, 4.69) is 40.2 Å². The van der Waals surface area contributed by atoms with Crippen LogP contribution < -0.4 is 10.5 Å². The highest BCUT2D eigenvalue weighted by Crippen LogP contribution is 2.32. The number of rotatable bonds is 4. The molecule has 19 heavy (non-hydrogen) atoms. The fraction of sp³-hybridized carbons (Fsp3) is 0.333. The van der Waals surface area contributed by atoms with Gasteiger partial charge < -0.3 is 10.5 Å². The van der Waals surface area contributed by atoms with Crippen molar-refractivity contribution in [1.82, 2.24) is 0 Å². The molecule has 0 amide bonds. The van der Waals surface area contributed by atoms with Crippen molar-refractivity contribution in [2.75, 3.05) is 6.54 Å². The van der Waals surface area contributed by atoms with E-state index in [9.17, 15) is 0 Å². The number of halogens is 1. The Labute approximate surface area is 125 Å².